The molecular formula is C17H22ClN5. The number of rotatable bonds is 3. The van der Waals surface area contributed by atoms with Gasteiger partial charge in [0.15, 0.2) is 11.0 Å². The van der Waals surface area contributed by atoms with Gasteiger partial charge in [0.2, 0.25) is 0 Å². The third kappa shape index (κ3) is 3.20. The average molecular weight is 332 g/mol. The van der Waals surface area contributed by atoms with Crippen molar-refractivity contribution in [2.75, 3.05) is 48.3 Å². The fourth-order valence-corrected chi connectivity index (χ4v) is 3.13. The van der Waals surface area contributed by atoms with Gasteiger partial charge in [-0.3, -0.25) is 0 Å². The quantitative estimate of drug-likeness (QED) is 0.875. The van der Waals surface area contributed by atoms with Crippen molar-refractivity contribution in [3.05, 3.63) is 40.8 Å². The number of hydrogen-bond acceptors (Lipinski definition) is 5. The zero-order chi connectivity index (χ0) is 16.4. The predicted octanol–water partition coefficient (Wildman–Crippen LogP) is 3.12. The van der Waals surface area contributed by atoms with Gasteiger partial charge in [-0.2, -0.15) is 0 Å². The second-order valence-electron chi connectivity index (χ2n) is 5.86. The molecule has 1 aliphatic rings. The summed E-state index contributed by atoms with van der Waals surface area (Å²) < 4.78 is 0. The number of benzene rings is 1. The van der Waals surface area contributed by atoms with Crippen LogP contribution < -0.4 is 15.1 Å². The predicted molar refractivity (Wildman–Crippen MR) is 96.9 cm³/mol. The molecule has 0 aliphatic carbocycles. The Labute approximate surface area is 142 Å². The third-order valence-corrected chi connectivity index (χ3v) is 4.75. The Bertz CT molecular complexity index is 695. The van der Waals surface area contributed by atoms with Gasteiger partial charge in [0.25, 0.3) is 0 Å². The molecule has 122 valence electrons. The van der Waals surface area contributed by atoms with Crippen LogP contribution in [0.15, 0.2) is 24.5 Å². The van der Waals surface area contributed by atoms with Crippen LogP contribution >= 0.6 is 11.6 Å². The van der Waals surface area contributed by atoms with E-state index in [1.54, 1.807) is 0 Å². The smallest absolute Gasteiger partial charge is 0.157 e. The van der Waals surface area contributed by atoms with Crippen molar-refractivity contribution in [1.82, 2.24) is 9.97 Å². The van der Waals surface area contributed by atoms with Crippen molar-refractivity contribution in [3.63, 3.8) is 0 Å². The number of piperazine rings is 1. The topological polar surface area (TPSA) is 44.3 Å². The van der Waals surface area contributed by atoms with Crippen molar-refractivity contribution in [3.8, 4) is 0 Å². The summed E-state index contributed by atoms with van der Waals surface area (Å²) in [4.78, 5) is 13.1. The van der Waals surface area contributed by atoms with E-state index in [-0.39, 0.29) is 0 Å². The SMILES string of the molecule is CNc1c(Cl)ncnc1N1CCN(c2ccc(C)c(C)c2)CC1. The molecule has 3 rings (SSSR count). The van der Waals surface area contributed by atoms with Crippen molar-refractivity contribution < 1.29 is 0 Å². The Hall–Kier alpha value is -2.01. The lowest BCUT2D eigenvalue weighted by molar-refractivity contribution is 0.647. The summed E-state index contributed by atoms with van der Waals surface area (Å²) in [6.07, 6.45) is 1.52. The summed E-state index contributed by atoms with van der Waals surface area (Å²) >= 11 is 6.15. The summed E-state index contributed by atoms with van der Waals surface area (Å²) in [5.74, 6) is 0.882. The maximum Gasteiger partial charge on any atom is 0.157 e. The molecule has 2 heterocycles. The number of anilines is 3. The molecule has 1 aromatic heterocycles. The summed E-state index contributed by atoms with van der Waals surface area (Å²) in [7, 11) is 1.85. The molecule has 5 nitrogen and oxygen atoms in total. The first-order valence-corrected chi connectivity index (χ1v) is 8.23. The van der Waals surface area contributed by atoms with Crippen LogP contribution in [0, 0.1) is 13.8 Å². The molecule has 1 fully saturated rings. The van der Waals surface area contributed by atoms with E-state index in [9.17, 15) is 0 Å². The van der Waals surface area contributed by atoms with E-state index in [2.05, 4.69) is 57.1 Å². The number of halogens is 1. The molecule has 0 bridgehead atoms. The van der Waals surface area contributed by atoms with E-state index in [4.69, 9.17) is 11.6 Å². The van der Waals surface area contributed by atoms with E-state index in [0.717, 1.165) is 37.7 Å². The molecule has 1 N–H and O–H groups in total. The fraction of sp³-hybridized carbons (Fsp3) is 0.412. The molecule has 23 heavy (non-hydrogen) atoms. The van der Waals surface area contributed by atoms with Crippen LogP contribution in [0.4, 0.5) is 17.2 Å². The van der Waals surface area contributed by atoms with Crippen molar-refractivity contribution in [1.29, 1.82) is 0 Å². The fourth-order valence-electron chi connectivity index (χ4n) is 2.91. The molecule has 1 aromatic carbocycles. The van der Waals surface area contributed by atoms with Crippen LogP contribution in [0.1, 0.15) is 11.1 Å². The van der Waals surface area contributed by atoms with Gasteiger partial charge in [-0.1, -0.05) is 17.7 Å². The van der Waals surface area contributed by atoms with Crippen LogP contribution in [0.2, 0.25) is 5.15 Å². The van der Waals surface area contributed by atoms with Gasteiger partial charge in [0.1, 0.15) is 12.0 Å². The van der Waals surface area contributed by atoms with Crippen LogP contribution in [0.25, 0.3) is 0 Å². The first-order chi connectivity index (χ1) is 11.1. The van der Waals surface area contributed by atoms with Crippen LogP contribution in [0.5, 0.6) is 0 Å². The Morgan fingerprint density at radius 3 is 2.35 bits per heavy atom. The zero-order valence-electron chi connectivity index (χ0n) is 13.8. The summed E-state index contributed by atoms with van der Waals surface area (Å²) in [6, 6.07) is 6.67. The molecule has 1 saturated heterocycles. The number of hydrogen-bond donors (Lipinski definition) is 1. The largest absolute Gasteiger partial charge is 0.383 e. The van der Waals surface area contributed by atoms with E-state index in [1.165, 1.54) is 23.1 Å². The number of aromatic nitrogens is 2. The summed E-state index contributed by atoms with van der Waals surface area (Å²) in [5.41, 5.74) is 4.77. The highest BCUT2D eigenvalue weighted by Crippen LogP contribution is 2.30. The van der Waals surface area contributed by atoms with Gasteiger partial charge in [0, 0.05) is 38.9 Å². The van der Waals surface area contributed by atoms with Crippen molar-refractivity contribution in [2.45, 2.75) is 13.8 Å². The zero-order valence-corrected chi connectivity index (χ0v) is 14.6. The second kappa shape index (κ2) is 6.62. The van der Waals surface area contributed by atoms with Crippen LogP contribution in [0.3, 0.4) is 0 Å². The lowest BCUT2D eigenvalue weighted by Crippen LogP contribution is -2.47. The number of nitrogens with zero attached hydrogens (tertiary/aromatic N) is 4. The van der Waals surface area contributed by atoms with Gasteiger partial charge in [-0.25, -0.2) is 9.97 Å². The monoisotopic (exact) mass is 331 g/mol. The molecule has 0 spiro atoms. The summed E-state index contributed by atoms with van der Waals surface area (Å²) in [5, 5.41) is 3.57. The van der Waals surface area contributed by atoms with E-state index < -0.39 is 0 Å². The number of aryl methyl sites for hydroxylation is 2. The van der Waals surface area contributed by atoms with Crippen LogP contribution in [-0.4, -0.2) is 43.2 Å². The minimum absolute atomic E-state index is 0.467. The maximum absolute atomic E-state index is 6.15. The standard InChI is InChI=1S/C17H22ClN5/c1-12-4-5-14(10-13(12)2)22-6-8-23(9-7-22)17-15(19-3)16(18)20-11-21-17/h4-5,10-11,19H,6-9H2,1-3H3. The molecular weight excluding hydrogens is 310 g/mol. The van der Waals surface area contributed by atoms with Crippen molar-refractivity contribution in [2.24, 2.45) is 0 Å². The van der Waals surface area contributed by atoms with Gasteiger partial charge in [-0.15, -0.1) is 0 Å². The molecule has 1 aliphatic heterocycles. The molecule has 0 amide bonds. The molecule has 6 heteroatoms. The number of nitrogens with one attached hydrogen (secondary N) is 1. The van der Waals surface area contributed by atoms with Gasteiger partial charge in [-0.05, 0) is 37.1 Å². The highest BCUT2D eigenvalue weighted by molar-refractivity contribution is 6.32. The Kier molecular flexibility index (Phi) is 4.57. The van der Waals surface area contributed by atoms with Crippen LogP contribution in [-0.2, 0) is 0 Å². The third-order valence-electron chi connectivity index (χ3n) is 4.47. The second-order valence-corrected chi connectivity index (χ2v) is 6.21. The van der Waals surface area contributed by atoms with Gasteiger partial charge in [0.05, 0.1) is 0 Å². The minimum atomic E-state index is 0.467. The van der Waals surface area contributed by atoms with Gasteiger partial charge >= 0.3 is 0 Å². The lowest BCUT2D eigenvalue weighted by atomic mass is 10.1. The van der Waals surface area contributed by atoms with E-state index in [0.29, 0.717) is 5.15 Å². The van der Waals surface area contributed by atoms with Crippen molar-refractivity contribution >= 4 is 28.8 Å². The minimum Gasteiger partial charge on any atom is -0.383 e. The first kappa shape index (κ1) is 15.9. The van der Waals surface area contributed by atoms with E-state index >= 15 is 0 Å². The first-order valence-electron chi connectivity index (χ1n) is 7.85. The normalized spacial score (nSPS) is 15.0. The average Bonchev–Trinajstić information content (AvgIpc) is 2.57. The molecule has 0 unspecified atom stereocenters. The molecule has 0 radical (unpaired) electrons. The maximum atomic E-state index is 6.15. The molecule has 2 aromatic rings. The molecule has 0 saturated carbocycles. The Morgan fingerprint density at radius 2 is 1.70 bits per heavy atom. The Balaban J connectivity index is 1.73. The highest BCUT2D eigenvalue weighted by atomic mass is 35.5. The highest BCUT2D eigenvalue weighted by Gasteiger charge is 2.21. The summed E-state index contributed by atoms with van der Waals surface area (Å²) in [6.45, 7) is 8.07. The van der Waals surface area contributed by atoms with Gasteiger partial charge < -0.3 is 15.1 Å². The lowest BCUT2D eigenvalue weighted by Gasteiger charge is -2.37. The van der Waals surface area contributed by atoms with E-state index in [1.807, 2.05) is 7.05 Å². The Morgan fingerprint density at radius 1 is 1.00 bits per heavy atom. The molecule has 0 atom stereocenters.